The molecule has 0 aliphatic rings. The van der Waals surface area contributed by atoms with Gasteiger partial charge in [-0.2, -0.15) is 0 Å². The zero-order valence-electron chi connectivity index (χ0n) is 8.23. The SMILES string of the molecule is CC#Cc1cccc(Oc2nccs2)c1. The van der Waals surface area contributed by atoms with Crippen molar-refractivity contribution in [1.29, 1.82) is 0 Å². The van der Waals surface area contributed by atoms with Crippen LogP contribution in [0.25, 0.3) is 0 Å². The number of hydrogen-bond acceptors (Lipinski definition) is 3. The first-order chi connectivity index (χ1) is 7.38. The number of benzene rings is 1. The quantitative estimate of drug-likeness (QED) is 0.717. The number of thiazole rings is 1. The zero-order valence-corrected chi connectivity index (χ0v) is 9.04. The van der Waals surface area contributed by atoms with E-state index in [0.717, 1.165) is 11.3 Å². The van der Waals surface area contributed by atoms with E-state index in [1.54, 1.807) is 6.20 Å². The van der Waals surface area contributed by atoms with Gasteiger partial charge in [-0.3, -0.25) is 0 Å². The Labute approximate surface area is 92.6 Å². The molecule has 0 unspecified atom stereocenters. The Morgan fingerprint density at radius 2 is 2.33 bits per heavy atom. The Bertz CT molecular complexity index is 494. The molecule has 3 heteroatoms. The summed E-state index contributed by atoms with van der Waals surface area (Å²) in [6.07, 6.45) is 1.72. The van der Waals surface area contributed by atoms with Crippen molar-refractivity contribution in [3.05, 3.63) is 41.4 Å². The van der Waals surface area contributed by atoms with Gasteiger partial charge in [0.2, 0.25) is 0 Å². The van der Waals surface area contributed by atoms with Crippen molar-refractivity contribution < 1.29 is 4.74 Å². The van der Waals surface area contributed by atoms with Gasteiger partial charge in [-0.25, -0.2) is 4.98 Å². The summed E-state index contributed by atoms with van der Waals surface area (Å²) in [5, 5.41) is 2.53. The molecule has 15 heavy (non-hydrogen) atoms. The third-order valence-electron chi connectivity index (χ3n) is 1.72. The van der Waals surface area contributed by atoms with Gasteiger partial charge in [-0.15, -0.1) is 5.92 Å². The number of nitrogens with zero attached hydrogens (tertiary/aromatic N) is 1. The molecule has 0 saturated carbocycles. The average molecular weight is 215 g/mol. The molecular weight excluding hydrogens is 206 g/mol. The van der Waals surface area contributed by atoms with Crippen LogP contribution < -0.4 is 4.74 Å². The Kier molecular flexibility index (Phi) is 3.01. The van der Waals surface area contributed by atoms with Gasteiger partial charge in [-0.1, -0.05) is 23.3 Å². The second-order valence-corrected chi connectivity index (χ2v) is 3.66. The first-order valence-corrected chi connectivity index (χ1v) is 5.36. The van der Waals surface area contributed by atoms with E-state index in [-0.39, 0.29) is 0 Å². The predicted molar refractivity (Wildman–Crippen MR) is 61.2 cm³/mol. The summed E-state index contributed by atoms with van der Waals surface area (Å²) >= 11 is 1.47. The number of ether oxygens (including phenoxy) is 1. The van der Waals surface area contributed by atoms with Crippen molar-refractivity contribution >= 4 is 11.3 Å². The molecule has 2 aromatic rings. The van der Waals surface area contributed by atoms with Crippen molar-refractivity contribution in [2.45, 2.75) is 6.92 Å². The monoisotopic (exact) mass is 215 g/mol. The Morgan fingerprint density at radius 3 is 3.07 bits per heavy atom. The van der Waals surface area contributed by atoms with Crippen LogP contribution in [-0.2, 0) is 0 Å². The van der Waals surface area contributed by atoms with Crippen LogP contribution in [-0.4, -0.2) is 4.98 Å². The maximum atomic E-state index is 5.54. The molecule has 0 saturated heterocycles. The molecule has 0 aliphatic carbocycles. The summed E-state index contributed by atoms with van der Waals surface area (Å²) in [6, 6.07) is 7.66. The lowest BCUT2D eigenvalue weighted by Crippen LogP contribution is -1.83. The van der Waals surface area contributed by atoms with E-state index in [2.05, 4.69) is 16.8 Å². The van der Waals surface area contributed by atoms with E-state index >= 15 is 0 Å². The van der Waals surface area contributed by atoms with Crippen molar-refractivity contribution in [1.82, 2.24) is 4.98 Å². The van der Waals surface area contributed by atoms with Crippen LogP contribution in [0.2, 0.25) is 0 Å². The van der Waals surface area contributed by atoms with Gasteiger partial charge >= 0.3 is 0 Å². The van der Waals surface area contributed by atoms with Gasteiger partial charge in [-0.05, 0) is 25.1 Å². The first-order valence-electron chi connectivity index (χ1n) is 4.48. The largest absolute Gasteiger partial charge is 0.431 e. The third kappa shape index (κ3) is 2.58. The molecule has 2 rings (SSSR count). The molecule has 0 fully saturated rings. The van der Waals surface area contributed by atoms with E-state index in [4.69, 9.17) is 4.74 Å². The smallest absolute Gasteiger partial charge is 0.278 e. The van der Waals surface area contributed by atoms with Gasteiger partial charge < -0.3 is 4.74 Å². The zero-order chi connectivity index (χ0) is 10.5. The number of aromatic nitrogens is 1. The normalized spacial score (nSPS) is 9.13. The van der Waals surface area contributed by atoms with Crippen LogP contribution in [0.15, 0.2) is 35.8 Å². The highest BCUT2D eigenvalue weighted by Gasteiger charge is 1.99. The van der Waals surface area contributed by atoms with Gasteiger partial charge in [0.15, 0.2) is 0 Å². The fourth-order valence-corrected chi connectivity index (χ4v) is 1.65. The molecule has 0 aliphatic heterocycles. The van der Waals surface area contributed by atoms with Crippen LogP contribution in [0.4, 0.5) is 0 Å². The fraction of sp³-hybridized carbons (Fsp3) is 0.0833. The molecule has 0 atom stereocenters. The third-order valence-corrected chi connectivity index (χ3v) is 2.37. The van der Waals surface area contributed by atoms with Crippen LogP contribution >= 0.6 is 11.3 Å². The van der Waals surface area contributed by atoms with Gasteiger partial charge in [0.25, 0.3) is 5.19 Å². The molecule has 74 valence electrons. The lowest BCUT2D eigenvalue weighted by molar-refractivity contribution is 0.478. The van der Waals surface area contributed by atoms with Crippen molar-refractivity contribution in [2.24, 2.45) is 0 Å². The van der Waals surface area contributed by atoms with Crippen LogP contribution in [0.5, 0.6) is 10.9 Å². The average Bonchev–Trinajstić information content (AvgIpc) is 2.71. The van der Waals surface area contributed by atoms with Gasteiger partial charge in [0.05, 0.1) is 0 Å². The van der Waals surface area contributed by atoms with Crippen molar-refractivity contribution in [3.8, 4) is 22.8 Å². The maximum absolute atomic E-state index is 5.54. The number of hydrogen-bond donors (Lipinski definition) is 0. The van der Waals surface area contributed by atoms with E-state index in [9.17, 15) is 0 Å². The highest BCUT2D eigenvalue weighted by atomic mass is 32.1. The molecule has 0 amide bonds. The van der Waals surface area contributed by atoms with Crippen LogP contribution in [0, 0.1) is 11.8 Å². The van der Waals surface area contributed by atoms with Crippen molar-refractivity contribution in [3.63, 3.8) is 0 Å². The molecule has 1 aromatic carbocycles. The topological polar surface area (TPSA) is 22.1 Å². The standard InChI is InChI=1S/C12H9NOS/c1-2-4-10-5-3-6-11(9-10)14-12-13-7-8-15-12/h3,5-9H,1H3. The summed E-state index contributed by atoms with van der Waals surface area (Å²) < 4.78 is 5.54. The molecule has 0 radical (unpaired) electrons. The first kappa shape index (κ1) is 9.75. The highest BCUT2D eigenvalue weighted by molar-refractivity contribution is 7.11. The lowest BCUT2D eigenvalue weighted by Gasteiger charge is -2.01. The second-order valence-electron chi connectivity index (χ2n) is 2.80. The van der Waals surface area contributed by atoms with E-state index < -0.39 is 0 Å². The minimum Gasteiger partial charge on any atom is -0.431 e. The molecule has 0 bridgehead atoms. The Morgan fingerprint density at radius 1 is 1.40 bits per heavy atom. The molecule has 0 N–H and O–H groups in total. The summed E-state index contributed by atoms with van der Waals surface area (Å²) in [6.45, 7) is 1.81. The van der Waals surface area contributed by atoms with E-state index in [0.29, 0.717) is 5.19 Å². The summed E-state index contributed by atoms with van der Waals surface area (Å²) in [5.74, 6) is 6.60. The second kappa shape index (κ2) is 4.63. The summed E-state index contributed by atoms with van der Waals surface area (Å²) in [5.41, 5.74) is 0.951. The maximum Gasteiger partial charge on any atom is 0.278 e. The molecule has 1 aromatic heterocycles. The van der Waals surface area contributed by atoms with Crippen LogP contribution in [0.3, 0.4) is 0 Å². The van der Waals surface area contributed by atoms with Gasteiger partial charge in [0.1, 0.15) is 5.75 Å². The summed E-state index contributed by atoms with van der Waals surface area (Å²) in [7, 11) is 0. The molecule has 2 nitrogen and oxygen atoms in total. The molecule has 0 spiro atoms. The van der Waals surface area contributed by atoms with Crippen molar-refractivity contribution in [2.75, 3.05) is 0 Å². The van der Waals surface area contributed by atoms with E-state index in [1.807, 2.05) is 36.6 Å². The van der Waals surface area contributed by atoms with Gasteiger partial charge in [0, 0.05) is 17.1 Å². The Hall–Kier alpha value is -1.79. The molecule has 1 heterocycles. The highest BCUT2D eigenvalue weighted by Crippen LogP contribution is 2.23. The van der Waals surface area contributed by atoms with Crippen LogP contribution in [0.1, 0.15) is 12.5 Å². The summed E-state index contributed by atoms with van der Waals surface area (Å²) in [4.78, 5) is 4.05. The minimum atomic E-state index is 0.650. The predicted octanol–water partition coefficient (Wildman–Crippen LogP) is 3.31. The van der Waals surface area contributed by atoms with E-state index in [1.165, 1.54) is 11.3 Å². The minimum absolute atomic E-state index is 0.650. The number of rotatable bonds is 2. The molecular formula is C12H9NOS. The Balaban J connectivity index is 2.21. The lowest BCUT2D eigenvalue weighted by atomic mass is 10.2. The fourth-order valence-electron chi connectivity index (χ4n) is 1.14.